The highest BCUT2D eigenvalue weighted by Crippen LogP contribution is 2.23. The average Bonchev–Trinajstić information content (AvgIpc) is 2.87. The molecule has 1 atom stereocenters. The smallest absolute Gasteiger partial charge is 0.303 e. The summed E-state index contributed by atoms with van der Waals surface area (Å²) < 4.78 is 0. The van der Waals surface area contributed by atoms with Gasteiger partial charge in [0, 0.05) is 19.5 Å². The van der Waals surface area contributed by atoms with Gasteiger partial charge in [0.15, 0.2) is 0 Å². The zero-order chi connectivity index (χ0) is 14.7. The maximum Gasteiger partial charge on any atom is 0.303 e. The number of aryl methyl sites for hydroxylation is 2. The largest absolute Gasteiger partial charge is 0.481 e. The van der Waals surface area contributed by atoms with Crippen LogP contribution in [0.15, 0.2) is 6.07 Å². The van der Waals surface area contributed by atoms with E-state index in [1.54, 1.807) is 17.9 Å². The van der Waals surface area contributed by atoms with E-state index in [1.807, 2.05) is 6.92 Å². The van der Waals surface area contributed by atoms with Gasteiger partial charge in [0.2, 0.25) is 0 Å². The Morgan fingerprint density at radius 2 is 2.15 bits per heavy atom. The number of amides is 1. The quantitative estimate of drug-likeness (QED) is 0.899. The Morgan fingerprint density at radius 1 is 1.40 bits per heavy atom. The Balaban J connectivity index is 2.00. The summed E-state index contributed by atoms with van der Waals surface area (Å²) in [6.07, 6.45) is 1.67. The third kappa shape index (κ3) is 3.31. The van der Waals surface area contributed by atoms with E-state index in [2.05, 4.69) is 10.2 Å². The molecule has 0 aliphatic carbocycles. The fourth-order valence-electron chi connectivity index (χ4n) is 2.52. The van der Waals surface area contributed by atoms with Crippen LogP contribution in [0.1, 0.15) is 41.0 Å². The maximum atomic E-state index is 12.4. The van der Waals surface area contributed by atoms with Gasteiger partial charge in [-0.3, -0.25) is 9.59 Å². The van der Waals surface area contributed by atoms with E-state index < -0.39 is 5.97 Å². The molecule has 0 radical (unpaired) electrons. The first-order valence-electron chi connectivity index (χ1n) is 6.79. The Bertz CT molecular complexity index is 530. The number of nitrogens with zero attached hydrogens (tertiary/aromatic N) is 3. The summed E-state index contributed by atoms with van der Waals surface area (Å²) in [4.78, 5) is 24.8. The van der Waals surface area contributed by atoms with Crippen LogP contribution >= 0.6 is 0 Å². The molecule has 0 aromatic carbocycles. The summed E-state index contributed by atoms with van der Waals surface area (Å²) in [5.41, 5.74) is 1.95. The molecule has 6 nitrogen and oxygen atoms in total. The number of hydrogen-bond donors (Lipinski definition) is 1. The Hall–Kier alpha value is -1.98. The molecule has 2 rings (SSSR count). The lowest BCUT2D eigenvalue weighted by atomic mass is 10.0. The van der Waals surface area contributed by atoms with E-state index in [4.69, 9.17) is 5.11 Å². The Labute approximate surface area is 117 Å². The van der Waals surface area contributed by atoms with Crippen molar-refractivity contribution < 1.29 is 14.7 Å². The van der Waals surface area contributed by atoms with Crippen molar-refractivity contribution >= 4 is 11.9 Å². The minimum absolute atomic E-state index is 0.0293. The van der Waals surface area contributed by atoms with Gasteiger partial charge in [0.1, 0.15) is 0 Å². The third-order valence-corrected chi connectivity index (χ3v) is 3.67. The molecule has 1 unspecified atom stereocenters. The van der Waals surface area contributed by atoms with E-state index in [-0.39, 0.29) is 18.2 Å². The van der Waals surface area contributed by atoms with Crippen LogP contribution in [0.4, 0.5) is 0 Å². The second-order valence-electron chi connectivity index (χ2n) is 5.32. The van der Waals surface area contributed by atoms with Crippen LogP contribution in [-0.4, -0.2) is 45.2 Å². The molecule has 0 spiro atoms. The first-order valence-corrected chi connectivity index (χ1v) is 6.79. The van der Waals surface area contributed by atoms with Crippen LogP contribution < -0.4 is 0 Å². The first kappa shape index (κ1) is 14.4. The minimum atomic E-state index is -0.778. The molecule has 1 amide bonds. The van der Waals surface area contributed by atoms with Gasteiger partial charge in [-0.15, -0.1) is 0 Å². The Morgan fingerprint density at radius 3 is 2.85 bits per heavy atom. The molecule has 1 aliphatic rings. The average molecular weight is 277 g/mol. The summed E-state index contributed by atoms with van der Waals surface area (Å²) in [5.74, 6) is -0.524. The van der Waals surface area contributed by atoms with Crippen molar-refractivity contribution in [1.82, 2.24) is 15.1 Å². The lowest BCUT2D eigenvalue weighted by Crippen LogP contribution is -2.29. The van der Waals surface area contributed by atoms with E-state index in [1.165, 1.54) is 0 Å². The molecule has 1 fully saturated rings. The number of carbonyl (C=O) groups excluding carboxylic acids is 1. The van der Waals surface area contributed by atoms with Crippen molar-refractivity contribution in [2.24, 2.45) is 5.92 Å². The van der Waals surface area contributed by atoms with Gasteiger partial charge in [-0.25, -0.2) is 0 Å². The van der Waals surface area contributed by atoms with Gasteiger partial charge in [-0.1, -0.05) is 0 Å². The summed E-state index contributed by atoms with van der Waals surface area (Å²) >= 11 is 0. The number of carboxylic acid groups (broad SMARTS) is 1. The maximum absolute atomic E-state index is 12.4. The van der Waals surface area contributed by atoms with Crippen molar-refractivity contribution in [2.75, 3.05) is 13.1 Å². The van der Waals surface area contributed by atoms with E-state index in [9.17, 15) is 9.59 Å². The zero-order valence-corrected chi connectivity index (χ0v) is 11.8. The van der Waals surface area contributed by atoms with Crippen molar-refractivity contribution in [3.8, 4) is 0 Å². The monoisotopic (exact) mass is 277 g/mol. The lowest BCUT2D eigenvalue weighted by Gasteiger charge is -2.17. The molecule has 1 saturated heterocycles. The fourth-order valence-corrected chi connectivity index (χ4v) is 2.52. The highest BCUT2D eigenvalue weighted by Gasteiger charge is 2.28. The Kier molecular flexibility index (Phi) is 4.32. The predicted octanol–water partition coefficient (Wildman–Crippen LogP) is 1.42. The molecule has 0 saturated carbocycles. The van der Waals surface area contributed by atoms with Gasteiger partial charge < -0.3 is 10.0 Å². The topological polar surface area (TPSA) is 83.4 Å². The predicted molar refractivity (Wildman–Crippen MR) is 72.4 cm³/mol. The number of likely N-dealkylation sites (tertiary alicyclic amines) is 1. The van der Waals surface area contributed by atoms with E-state index in [0.29, 0.717) is 30.8 Å². The second kappa shape index (κ2) is 5.98. The number of hydrogen-bond acceptors (Lipinski definition) is 4. The highest BCUT2D eigenvalue weighted by atomic mass is 16.4. The summed E-state index contributed by atoms with van der Waals surface area (Å²) in [6, 6.07) is 1.76. The molecule has 1 aromatic rings. The van der Waals surface area contributed by atoms with Gasteiger partial charge >= 0.3 is 5.97 Å². The highest BCUT2D eigenvalue weighted by molar-refractivity contribution is 5.95. The molecule has 2 heterocycles. The minimum Gasteiger partial charge on any atom is -0.481 e. The van der Waals surface area contributed by atoms with Gasteiger partial charge in [-0.2, -0.15) is 10.2 Å². The third-order valence-electron chi connectivity index (χ3n) is 3.67. The second-order valence-corrected chi connectivity index (χ2v) is 5.32. The van der Waals surface area contributed by atoms with Crippen LogP contribution in [0.5, 0.6) is 0 Å². The first-order chi connectivity index (χ1) is 9.47. The summed E-state index contributed by atoms with van der Waals surface area (Å²) in [6.45, 7) is 4.90. The molecule has 108 valence electrons. The van der Waals surface area contributed by atoms with Crippen molar-refractivity contribution in [3.63, 3.8) is 0 Å². The molecule has 1 aromatic heterocycles. The molecule has 1 N–H and O–H groups in total. The van der Waals surface area contributed by atoms with Crippen LogP contribution in [0.2, 0.25) is 0 Å². The molecular weight excluding hydrogens is 258 g/mol. The number of aromatic nitrogens is 2. The zero-order valence-electron chi connectivity index (χ0n) is 11.8. The van der Waals surface area contributed by atoms with E-state index >= 15 is 0 Å². The SMILES string of the molecule is Cc1cc(C(=O)N2CCC(CCC(=O)O)C2)c(C)nn1. The van der Waals surface area contributed by atoms with Crippen LogP contribution in [0.25, 0.3) is 0 Å². The number of carbonyl (C=O) groups is 2. The van der Waals surface area contributed by atoms with Crippen molar-refractivity contribution in [2.45, 2.75) is 33.1 Å². The van der Waals surface area contributed by atoms with Crippen molar-refractivity contribution in [1.29, 1.82) is 0 Å². The number of carboxylic acids is 1. The number of aliphatic carboxylic acids is 1. The molecule has 20 heavy (non-hydrogen) atoms. The van der Waals surface area contributed by atoms with Crippen LogP contribution in [0, 0.1) is 19.8 Å². The van der Waals surface area contributed by atoms with Gasteiger partial charge in [0.25, 0.3) is 5.91 Å². The standard InChI is InChI=1S/C14H19N3O3/c1-9-7-12(10(2)16-15-9)14(20)17-6-5-11(8-17)3-4-13(18)19/h7,11H,3-6,8H2,1-2H3,(H,18,19). The van der Waals surface area contributed by atoms with Crippen LogP contribution in [-0.2, 0) is 4.79 Å². The summed E-state index contributed by atoms with van der Waals surface area (Å²) in [7, 11) is 0. The van der Waals surface area contributed by atoms with E-state index in [0.717, 1.165) is 12.1 Å². The number of rotatable bonds is 4. The van der Waals surface area contributed by atoms with Gasteiger partial charge in [-0.05, 0) is 38.7 Å². The lowest BCUT2D eigenvalue weighted by molar-refractivity contribution is -0.137. The normalized spacial score (nSPS) is 18.3. The molecule has 6 heteroatoms. The van der Waals surface area contributed by atoms with Crippen molar-refractivity contribution in [3.05, 3.63) is 23.0 Å². The molecule has 1 aliphatic heterocycles. The van der Waals surface area contributed by atoms with Gasteiger partial charge in [0.05, 0.1) is 17.0 Å². The molecule has 0 bridgehead atoms. The summed E-state index contributed by atoms with van der Waals surface area (Å²) in [5, 5.41) is 16.6. The molecular formula is C14H19N3O3. The van der Waals surface area contributed by atoms with Crippen LogP contribution in [0.3, 0.4) is 0 Å². The fraction of sp³-hybridized carbons (Fsp3) is 0.571.